The Morgan fingerprint density at radius 3 is 2.26 bits per heavy atom. The number of hydrogen-bond acceptors (Lipinski definition) is 5. The van der Waals surface area contributed by atoms with Crippen molar-refractivity contribution >= 4 is 17.6 Å². The molecule has 0 saturated heterocycles. The van der Waals surface area contributed by atoms with Crippen LogP contribution in [0, 0.1) is 10.1 Å². The quantitative estimate of drug-likeness (QED) is 0.621. The van der Waals surface area contributed by atoms with Crippen molar-refractivity contribution in [1.29, 1.82) is 0 Å². The van der Waals surface area contributed by atoms with E-state index in [9.17, 15) is 24.8 Å². The molecule has 0 aromatic heterocycles. The van der Waals surface area contributed by atoms with Crippen LogP contribution in [0.2, 0.25) is 0 Å². The molecule has 7 heteroatoms. The van der Waals surface area contributed by atoms with Gasteiger partial charge in [-0.1, -0.05) is 51.1 Å². The minimum Gasteiger partial charge on any atom is -0.550 e. The molecule has 0 fully saturated rings. The number of carboxylic acids is 1. The number of nitrogens with zero attached hydrogens (tertiary/aromatic N) is 1. The molecule has 0 bridgehead atoms. The summed E-state index contributed by atoms with van der Waals surface area (Å²) in [5.74, 6) is -1.90. The minimum absolute atomic E-state index is 0.0609. The van der Waals surface area contributed by atoms with Gasteiger partial charge in [0.05, 0.1) is 11.0 Å². The number of carboxylic acid groups (broad SMARTS) is 1. The van der Waals surface area contributed by atoms with Crippen molar-refractivity contribution in [3.8, 4) is 0 Å². The smallest absolute Gasteiger partial charge is 0.270 e. The molecule has 0 aliphatic carbocycles. The van der Waals surface area contributed by atoms with E-state index in [1.54, 1.807) is 12.1 Å². The number of nitro groups is 1. The lowest BCUT2D eigenvalue weighted by atomic mass is 9.86. The Kier molecular flexibility index (Phi) is 5.95. The summed E-state index contributed by atoms with van der Waals surface area (Å²) in [6.07, 6.45) is -0.407. The number of nitro benzene ring substituents is 1. The molecule has 142 valence electrons. The second-order valence-corrected chi connectivity index (χ2v) is 7.28. The molecule has 1 amide bonds. The molecule has 27 heavy (non-hydrogen) atoms. The largest absolute Gasteiger partial charge is 0.550 e. The fourth-order valence-electron chi connectivity index (χ4n) is 2.64. The van der Waals surface area contributed by atoms with Gasteiger partial charge in [0.1, 0.15) is 0 Å². The Labute approximate surface area is 157 Å². The van der Waals surface area contributed by atoms with Gasteiger partial charge in [0.2, 0.25) is 0 Å². The number of amides is 1. The number of benzene rings is 2. The number of nitrogens with one attached hydrogen (secondary N) is 1. The molecule has 2 aromatic carbocycles. The van der Waals surface area contributed by atoms with Crippen LogP contribution in [-0.2, 0) is 10.2 Å². The first-order chi connectivity index (χ1) is 12.6. The van der Waals surface area contributed by atoms with E-state index >= 15 is 0 Å². The molecular formula is C20H21N2O5-. The van der Waals surface area contributed by atoms with Crippen molar-refractivity contribution in [2.75, 3.05) is 0 Å². The zero-order chi connectivity index (χ0) is 20.2. The van der Waals surface area contributed by atoms with E-state index in [-0.39, 0.29) is 16.7 Å². The van der Waals surface area contributed by atoms with Crippen LogP contribution in [0.15, 0.2) is 48.5 Å². The zero-order valence-corrected chi connectivity index (χ0v) is 15.4. The van der Waals surface area contributed by atoms with Crippen LogP contribution in [-0.4, -0.2) is 16.8 Å². The molecule has 0 aliphatic rings. The van der Waals surface area contributed by atoms with E-state index in [1.807, 2.05) is 12.1 Å². The van der Waals surface area contributed by atoms with Crippen molar-refractivity contribution in [3.05, 3.63) is 75.3 Å². The fraction of sp³-hybridized carbons (Fsp3) is 0.300. The van der Waals surface area contributed by atoms with E-state index < -0.39 is 29.3 Å². The Balaban J connectivity index is 2.26. The van der Waals surface area contributed by atoms with Crippen LogP contribution < -0.4 is 10.4 Å². The molecule has 1 N–H and O–H groups in total. The lowest BCUT2D eigenvalue weighted by molar-refractivity contribution is -0.384. The Bertz CT molecular complexity index is 853. The summed E-state index contributed by atoms with van der Waals surface area (Å²) in [6.45, 7) is 6.18. The van der Waals surface area contributed by atoms with Gasteiger partial charge >= 0.3 is 0 Å². The Morgan fingerprint density at radius 2 is 1.74 bits per heavy atom. The van der Waals surface area contributed by atoms with E-state index in [0.29, 0.717) is 5.56 Å². The van der Waals surface area contributed by atoms with Crippen LogP contribution in [0.25, 0.3) is 0 Å². The van der Waals surface area contributed by atoms with Gasteiger partial charge in [0, 0.05) is 30.1 Å². The molecule has 0 saturated carbocycles. The fourth-order valence-corrected chi connectivity index (χ4v) is 2.64. The van der Waals surface area contributed by atoms with Gasteiger partial charge in [0.25, 0.3) is 11.6 Å². The normalized spacial score (nSPS) is 12.3. The highest BCUT2D eigenvalue weighted by Gasteiger charge is 2.19. The Hall–Kier alpha value is -3.22. The highest BCUT2D eigenvalue weighted by molar-refractivity contribution is 5.95. The minimum atomic E-state index is -1.31. The lowest BCUT2D eigenvalue weighted by Gasteiger charge is -2.23. The van der Waals surface area contributed by atoms with Crippen LogP contribution in [0.3, 0.4) is 0 Å². The summed E-state index contributed by atoms with van der Waals surface area (Å²) in [7, 11) is 0. The average Bonchev–Trinajstić information content (AvgIpc) is 2.60. The van der Waals surface area contributed by atoms with Crippen molar-refractivity contribution < 1.29 is 19.6 Å². The van der Waals surface area contributed by atoms with E-state index in [1.165, 1.54) is 18.2 Å². The van der Waals surface area contributed by atoms with Gasteiger partial charge in [-0.2, -0.15) is 0 Å². The highest BCUT2D eigenvalue weighted by Crippen LogP contribution is 2.25. The highest BCUT2D eigenvalue weighted by atomic mass is 16.6. The van der Waals surface area contributed by atoms with E-state index in [2.05, 4.69) is 26.1 Å². The Morgan fingerprint density at radius 1 is 1.11 bits per heavy atom. The van der Waals surface area contributed by atoms with E-state index in [4.69, 9.17) is 0 Å². The van der Waals surface area contributed by atoms with Crippen molar-refractivity contribution in [2.24, 2.45) is 0 Å². The summed E-state index contributed by atoms with van der Waals surface area (Å²) in [5, 5.41) is 24.6. The van der Waals surface area contributed by atoms with Crippen LogP contribution in [0.1, 0.15) is 54.7 Å². The monoisotopic (exact) mass is 369 g/mol. The average molecular weight is 369 g/mol. The third-order valence-corrected chi connectivity index (χ3v) is 4.17. The third-order valence-electron chi connectivity index (χ3n) is 4.17. The third kappa shape index (κ3) is 5.37. The number of carbonyl (C=O) groups excluding carboxylic acids is 2. The van der Waals surface area contributed by atoms with Crippen molar-refractivity contribution in [1.82, 2.24) is 5.32 Å². The van der Waals surface area contributed by atoms with Crippen LogP contribution in [0.4, 0.5) is 5.69 Å². The van der Waals surface area contributed by atoms with Crippen LogP contribution in [0.5, 0.6) is 0 Å². The first-order valence-electron chi connectivity index (χ1n) is 8.43. The SMILES string of the molecule is CC(C)(C)c1ccc([C@H](CC(=O)[O-])NC(=O)c2cccc([N+](=O)[O-])c2)cc1. The number of hydrogen-bond donors (Lipinski definition) is 1. The number of aliphatic carboxylic acids is 1. The molecule has 7 nitrogen and oxygen atoms in total. The van der Waals surface area contributed by atoms with Crippen LogP contribution >= 0.6 is 0 Å². The standard InChI is InChI=1S/C20H22N2O5/c1-20(2,3)15-9-7-13(8-10-15)17(12-18(23)24)21-19(25)14-5-4-6-16(11-14)22(26)27/h4-11,17H,12H2,1-3H3,(H,21,25)(H,23,24)/p-1/t17-/m0/s1. The molecule has 2 aromatic rings. The molecule has 0 spiro atoms. The van der Waals surface area contributed by atoms with Gasteiger partial charge < -0.3 is 15.2 Å². The second kappa shape index (κ2) is 7.99. The zero-order valence-electron chi connectivity index (χ0n) is 15.4. The van der Waals surface area contributed by atoms with Gasteiger partial charge in [-0.05, 0) is 22.6 Å². The number of carbonyl (C=O) groups is 2. The topological polar surface area (TPSA) is 112 Å². The van der Waals surface area contributed by atoms with Gasteiger partial charge in [-0.3, -0.25) is 14.9 Å². The second-order valence-electron chi connectivity index (χ2n) is 7.28. The summed E-state index contributed by atoms with van der Waals surface area (Å²) in [6, 6.07) is 11.8. The van der Waals surface area contributed by atoms with E-state index in [0.717, 1.165) is 11.6 Å². The lowest BCUT2D eigenvalue weighted by Crippen LogP contribution is -2.34. The number of rotatable bonds is 6. The predicted molar refractivity (Wildman–Crippen MR) is 98.1 cm³/mol. The van der Waals surface area contributed by atoms with Crippen molar-refractivity contribution in [2.45, 2.75) is 38.6 Å². The molecule has 0 unspecified atom stereocenters. The molecule has 0 heterocycles. The maximum Gasteiger partial charge on any atom is 0.270 e. The molecule has 0 aliphatic heterocycles. The van der Waals surface area contributed by atoms with Crippen molar-refractivity contribution in [3.63, 3.8) is 0 Å². The molecular weight excluding hydrogens is 348 g/mol. The summed E-state index contributed by atoms with van der Waals surface area (Å²) < 4.78 is 0. The maximum atomic E-state index is 12.5. The molecule has 2 rings (SSSR count). The molecule has 0 radical (unpaired) electrons. The van der Waals surface area contributed by atoms with Gasteiger partial charge in [-0.15, -0.1) is 0 Å². The predicted octanol–water partition coefficient (Wildman–Crippen LogP) is 2.50. The van der Waals surface area contributed by atoms with Gasteiger partial charge in [-0.25, -0.2) is 0 Å². The summed E-state index contributed by atoms with van der Waals surface area (Å²) in [5.41, 5.74) is 1.50. The maximum absolute atomic E-state index is 12.5. The summed E-state index contributed by atoms with van der Waals surface area (Å²) >= 11 is 0. The first kappa shape index (κ1) is 20.1. The van der Waals surface area contributed by atoms with Gasteiger partial charge in [0.15, 0.2) is 0 Å². The first-order valence-corrected chi connectivity index (χ1v) is 8.43. The molecule has 1 atom stereocenters. The summed E-state index contributed by atoms with van der Waals surface area (Å²) in [4.78, 5) is 33.9. The number of non-ortho nitro benzene ring substituents is 1.